The van der Waals surface area contributed by atoms with Crippen molar-refractivity contribution in [2.24, 2.45) is 4.99 Å². The number of benzene rings is 2. The number of aliphatic imine (C=N–C) groups is 1. The molecule has 0 unspecified atom stereocenters. The molecule has 140 valence electrons. The minimum Gasteiger partial charge on any atom is -0.493 e. The van der Waals surface area contributed by atoms with E-state index in [-0.39, 0.29) is 11.6 Å². The highest BCUT2D eigenvalue weighted by molar-refractivity contribution is 14.1. The summed E-state index contributed by atoms with van der Waals surface area (Å²) in [6, 6.07) is 8.77. The van der Waals surface area contributed by atoms with Crippen LogP contribution in [0.4, 0.5) is 0 Å². The summed E-state index contributed by atoms with van der Waals surface area (Å²) in [7, 11) is 1.52. The first-order valence-electron chi connectivity index (χ1n) is 7.91. The molecule has 1 heterocycles. The molecule has 2 aromatic carbocycles. The summed E-state index contributed by atoms with van der Waals surface area (Å²) in [6.45, 7) is 2.31. The van der Waals surface area contributed by atoms with Crippen LogP contribution in [0, 0.1) is 3.57 Å². The summed E-state index contributed by atoms with van der Waals surface area (Å²) in [5.41, 5.74) is 1.33. The van der Waals surface area contributed by atoms with Crippen LogP contribution in [0.1, 0.15) is 18.1 Å². The Morgan fingerprint density at radius 1 is 1.22 bits per heavy atom. The van der Waals surface area contributed by atoms with Crippen molar-refractivity contribution in [1.29, 1.82) is 0 Å². The fraction of sp³-hybridized carbons (Fsp3) is 0.158. The lowest BCUT2D eigenvalue weighted by Crippen LogP contribution is -2.06. The van der Waals surface area contributed by atoms with Gasteiger partial charge in [-0.2, -0.15) is 0 Å². The highest BCUT2D eigenvalue weighted by atomic mass is 127. The fourth-order valence-corrected chi connectivity index (χ4v) is 3.41. The first-order chi connectivity index (χ1) is 12.9. The lowest BCUT2D eigenvalue weighted by molar-refractivity contribution is -0.129. The molecule has 0 amide bonds. The summed E-state index contributed by atoms with van der Waals surface area (Å²) >= 11 is 14.6. The predicted molar refractivity (Wildman–Crippen MR) is 114 cm³/mol. The molecule has 0 fully saturated rings. The minimum atomic E-state index is -0.566. The van der Waals surface area contributed by atoms with Crippen molar-refractivity contribution >= 4 is 63.7 Å². The molecular formula is C19H14Cl2INO4. The van der Waals surface area contributed by atoms with E-state index in [9.17, 15) is 4.79 Å². The van der Waals surface area contributed by atoms with E-state index < -0.39 is 5.97 Å². The third kappa shape index (κ3) is 4.39. The Bertz CT molecular complexity index is 972. The van der Waals surface area contributed by atoms with Gasteiger partial charge < -0.3 is 14.2 Å². The molecule has 5 nitrogen and oxygen atoms in total. The third-order valence-corrected chi connectivity index (χ3v) is 4.90. The second kappa shape index (κ2) is 8.50. The maximum absolute atomic E-state index is 12.2. The van der Waals surface area contributed by atoms with Gasteiger partial charge in [0.2, 0.25) is 5.90 Å². The summed E-state index contributed by atoms with van der Waals surface area (Å²) in [6.07, 6.45) is 1.57. The van der Waals surface area contributed by atoms with E-state index in [2.05, 4.69) is 27.6 Å². The average molecular weight is 518 g/mol. The molecule has 0 saturated heterocycles. The van der Waals surface area contributed by atoms with Crippen LogP contribution in [0.15, 0.2) is 41.0 Å². The molecule has 0 aromatic heterocycles. The number of hydrogen-bond donors (Lipinski definition) is 0. The van der Waals surface area contributed by atoms with Crippen LogP contribution in [0.5, 0.6) is 11.5 Å². The first kappa shape index (κ1) is 20.0. The van der Waals surface area contributed by atoms with Gasteiger partial charge in [-0.25, -0.2) is 9.79 Å². The third-order valence-electron chi connectivity index (χ3n) is 3.62. The maximum Gasteiger partial charge on any atom is 0.363 e. The monoisotopic (exact) mass is 517 g/mol. The molecule has 3 rings (SSSR count). The van der Waals surface area contributed by atoms with Crippen LogP contribution < -0.4 is 9.47 Å². The van der Waals surface area contributed by atoms with Gasteiger partial charge in [0.1, 0.15) is 0 Å². The maximum atomic E-state index is 12.2. The summed E-state index contributed by atoms with van der Waals surface area (Å²) in [5, 5.41) is 0.827. The van der Waals surface area contributed by atoms with Gasteiger partial charge >= 0.3 is 5.97 Å². The zero-order valence-corrected chi connectivity index (χ0v) is 18.1. The number of esters is 1. The van der Waals surface area contributed by atoms with Gasteiger partial charge in [0, 0.05) is 3.57 Å². The van der Waals surface area contributed by atoms with Crippen LogP contribution >= 0.6 is 45.8 Å². The van der Waals surface area contributed by atoms with E-state index in [4.69, 9.17) is 37.4 Å². The van der Waals surface area contributed by atoms with E-state index in [1.54, 1.807) is 30.3 Å². The van der Waals surface area contributed by atoms with Crippen molar-refractivity contribution in [3.63, 3.8) is 0 Å². The summed E-state index contributed by atoms with van der Waals surface area (Å²) < 4.78 is 17.0. The topological polar surface area (TPSA) is 57.1 Å². The van der Waals surface area contributed by atoms with Gasteiger partial charge in [0.05, 0.1) is 29.3 Å². The molecule has 0 saturated carbocycles. The van der Waals surface area contributed by atoms with E-state index in [1.807, 2.05) is 13.0 Å². The minimum absolute atomic E-state index is 0.141. The van der Waals surface area contributed by atoms with Gasteiger partial charge in [-0.05, 0) is 71.5 Å². The summed E-state index contributed by atoms with van der Waals surface area (Å²) in [4.78, 5) is 16.5. The highest BCUT2D eigenvalue weighted by Gasteiger charge is 2.26. The number of ether oxygens (including phenoxy) is 3. The number of nitrogens with zero attached hydrogens (tertiary/aromatic N) is 1. The number of carbonyl (C=O) groups is 1. The fourth-order valence-electron chi connectivity index (χ4n) is 2.45. The SMILES string of the molecule is CCOc1c(Cl)cc(/C=C2/N=C(c3cc(I)ccc3Cl)OC2=O)cc1OC. The Morgan fingerprint density at radius 2 is 2.00 bits per heavy atom. The van der Waals surface area contributed by atoms with Crippen molar-refractivity contribution in [2.45, 2.75) is 6.92 Å². The van der Waals surface area contributed by atoms with Gasteiger partial charge in [0.15, 0.2) is 17.2 Å². The molecule has 0 spiro atoms. The van der Waals surface area contributed by atoms with Crippen molar-refractivity contribution in [1.82, 2.24) is 0 Å². The molecule has 0 N–H and O–H groups in total. The number of cyclic esters (lactones) is 1. The molecule has 2 aromatic rings. The Labute approximate surface area is 180 Å². The molecule has 0 aliphatic carbocycles. The van der Waals surface area contributed by atoms with Crippen LogP contribution in [0.2, 0.25) is 10.0 Å². The van der Waals surface area contributed by atoms with Gasteiger partial charge in [0.25, 0.3) is 0 Å². The van der Waals surface area contributed by atoms with Gasteiger partial charge in [-0.3, -0.25) is 0 Å². The van der Waals surface area contributed by atoms with E-state index in [0.717, 1.165) is 3.57 Å². The highest BCUT2D eigenvalue weighted by Crippen LogP contribution is 2.37. The zero-order valence-electron chi connectivity index (χ0n) is 14.4. The van der Waals surface area contributed by atoms with Crippen molar-refractivity contribution in [3.8, 4) is 11.5 Å². The number of rotatable bonds is 5. The van der Waals surface area contributed by atoms with Gasteiger partial charge in [-0.15, -0.1) is 0 Å². The Morgan fingerprint density at radius 3 is 2.70 bits per heavy atom. The van der Waals surface area contributed by atoms with Crippen LogP contribution in [-0.2, 0) is 9.53 Å². The predicted octanol–water partition coefficient (Wildman–Crippen LogP) is 5.35. The molecule has 8 heteroatoms. The Hall–Kier alpha value is -1.77. The van der Waals surface area contributed by atoms with Crippen LogP contribution in [-0.4, -0.2) is 25.6 Å². The normalized spacial score (nSPS) is 14.9. The van der Waals surface area contributed by atoms with E-state index in [1.165, 1.54) is 7.11 Å². The molecule has 1 aliphatic rings. The zero-order chi connectivity index (χ0) is 19.6. The second-order valence-corrected chi connectivity index (χ2v) is 7.49. The van der Waals surface area contributed by atoms with Gasteiger partial charge in [-0.1, -0.05) is 23.2 Å². The summed E-state index contributed by atoms with van der Waals surface area (Å²) in [5.74, 6) is 0.516. The number of carbonyl (C=O) groups excluding carboxylic acids is 1. The average Bonchev–Trinajstić information content (AvgIpc) is 2.99. The van der Waals surface area contributed by atoms with E-state index >= 15 is 0 Å². The Balaban J connectivity index is 2.00. The van der Waals surface area contributed by atoms with Crippen LogP contribution in [0.25, 0.3) is 6.08 Å². The van der Waals surface area contributed by atoms with E-state index in [0.29, 0.717) is 39.3 Å². The molecule has 0 radical (unpaired) electrons. The molecule has 1 aliphatic heterocycles. The molecule has 0 atom stereocenters. The molecular weight excluding hydrogens is 504 g/mol. The smallest absolute Gasteiger partial charge is 0.363 e. The van der Waals surface area contributed by atoms with Crippen molar-refractivity contribution in [3.05, 3.63) is 60.8 Å². The van der Waals surface area contributed by atoms with Crippen molar-refractivity contribution in [2.75, 3.05) is 13.7 Å². The van der Waals surface area contributed by atoms with Crippen molar-refractivity contribution < 1.29 is 19.0 Å². The molecule has 0 bridgehead atoms. The van der Waals surface area contributed by atoms with Crippen LogP contribution in [0.3, 0.4) is 0 Å². The number of hydrogen-bond acceptors (Lipinski definition) is 5. The standard InChI is InChI=1S/C19H14Cl2INO4/c1-3-26-17-14(21)6-10(8-16(17)25-2)7-15-19(24)27-18(23-15)12-9-11(22)4-5-13(12)20/h4-9H,3H2,1-2H3/b15-7+. The molecule has 27 heavy (non-hydrogen) atoms. The number of methoxy groups -OCH3 is 1. The first-order valence-corrected chi connectivity index (χ1v) is 9.74. The number of halogens is 3. The lowest BCUT2D eigenvalue weighted by Gasteiger charge is -2.11. The largest absolute Gasteiger partial charge is 0.493 e. The second-order valence-electron chi connectivity index (χ2n) is 5.43. The lowest BCUT2D eigenvalue weighted by atomic mass is 10.1. The quantitative estimate of drug-likeness (QED) is 0.305. The Kier molecular flexibility index (Phi) is 6.29.